The summed E-state index contributed by atoms with van der Waals surface area (Å²) in [6.45, 7) is 3.48. The van der Waals surface area contributed by atoms with Gasteiger partial charge in [0.25, 0.3) is 5.91 Å². The molecule has 0 aromatic heterocycles. The van der Waals surface area contributed by atoms with Crippen molar-refractivity contribution in [3.8, 4) is 0 Å². The van der Waals surface area contributed by atoms with Crippen molar-refractivity contribution in [3.63, 3.8) is 0 Å². The first-order valence-corrected chi connectivity index (χ1v) is 8.67. The number of hydrogen-bond acceptors (Lipinski definition) is 4. The highest BCUT2D eigenvalue weighted by Gasteiger charge is 2.45. The smallest absolute Gasteiger partial charge is 0.251 e. The first-order valence-electron chi connectivity index (χ1n) is 8.67. The summed E-state index contributed by atoms with van der Waals surface area (Å²) in [6.07, 6.45) is 3.40. The number of likely N-dealkylation sites (N-methyl/N-ethyl adjacent to an activating group) is 1. The Kier molecular flexibility index (Phi) is 5.06. The number of nitrogens with one attached hydrogen (secondary N) is 3. The van der Waals surface area contributed by atoms with Crippen LogP contribution in [0, 0.1) is 11.2 Å². The number of carbonyl (C=O) groups is 1. The van der Waals surface area contributed by atoms with Crippen LogP contribution < -0.4 is 16.0 Å². The maximum Gasteiger partial charge on any atom is 0.251 e. The van der Waals surface area contributed by atoms with Crippen LogP contribution in [0.3, 0.4) is 0 Å². The second kappa shape index (κ2) is 7.07. The molecule has 3 N–H and O–H groups in total. The Balaban J connectivity index is 1.52. The molecule has 6 heteroatoms. The highest BCUT2D eigenvalue weighted by Crippen LogP contribution is 2.46. The predicted molar refractivity (Wildman–Crippen MR) is 93.9 cm³/mol. The molecule has 1 amide bonds. The van der Waals surface area contributed by atoms with Crippen molar-refractivity contribution in [1.82, 2.24) is 15.5 Å². The molecular formula is C18H27FN4O. The maximum absolute atomic E-state index is 14.3. The monoisotopic (exact) mass is 334 g/mol. The molecule has 0 bridgehead atoms. The van der Waals surface area contributed by atoms with E-state index in [2.05, 4.69) is 16.0 Å². The zero-order valence-electron chi connectivity index (χ0n) is 14.5. The van der Waals surface area contributed by atoms with Gasteiger partial charge in [-0.15, -0.1) is 0 Å². The molecule has 2 aliphatic rings. The largest absolute Gasteiger partial charge is 0.380 e. The summed E-state index contributed by atoms with van der Waals surface area (Å²) in [5.74, 6) is -0.595. The summed E-state index contributed by atoms with van der Waals surface area (Å²) in [5.41, 5.74) is 1.29. The molecule has 3 rings (SSSR count). The van der Waals surface area contributed by atoms with Crippen molar-refractivity contribution in [3.05, 3.63) is 29.6 Å². The predicted octanol–water partition coefficient (Wildman–Crippen LogP) is 1.67. The van der Waals surface area contributed by atoms with Gasteiger partial charge in [0.05, 0.1) is 5.69 Å². The van der Waals surface area contributed by atoms with Crippen LogP contribution in [-0.2, 0) is 0 Å². The molecule has 0 radical (unpaired) electrons. The van der Waals surface area contributed by atoms with E-state index in [1.54, 1.807) is 12.1 Å². The molecule has 1 aromatic carbocycles. The summed E-state index contributed by atoms with van der Waals surface area (Å²) >= 11 is 0. The van der Waals surface area contributed by atoms with E-state index in [4.69, 9.17) is 0 Å². The third-order valence-electron chi connectivity index (χ3n) is 5.13. The second-order valence-electron chi connectivity index (χ2n) is 7.43. The minimum absolute atomic E-state index is 0.234. The number of hydrogen-bond donors (Lipinski definition) is 3. The van der Waals surface area contributed by atoms with Gasteiger partial charge in [-0.05, 0) is 63.5 Å². The zero-order valence-corrected chi connectivity index (χ0v) is 14.5. The van der Waals surface area contributed by atoms with Crippen LogP contribution in [0.2, 0.25) is 0 Å². The van der Waals surface area contributed by atoms with E-state index in [1.807, 2.05) is 19.0 Å². The summed E-state index contributed by atoms with van der Waals surface area (Å²) in [5, 5.41) is 9.48. The third kappa shape index (κ3) is 3.87. The van der Waals surface area contributed by atoms with E-state index in [1.165, 1.54) is 12.5 Å². The van der Waals surface area contributed by atoms with Gasteiger partial charge in [0.2, 0.25) is 0 Å². The Labute approximate surface area is 143 Å². The number of nitrogens with zero attached hydrogens (tertiary/aromatic N) is 1. The lowest BCUT2D eigenvalue weighted by Crippen LogP contribution is -2.46. The van der Waals surface area contributed by atoms with Crippen molar-refractivity contribution in [2.24, 2.45) is 5.41 Å². The fraction of sp³-hybridized carbons (Fsp3) is 0.611. The molecule has 0 unspecified atom stereocenters. The van der Waals surface area contributed by atoms with Crippen molar-refractivity contribution in [2.75, 3.05) is 45.6 Å². The van der Waals surface area contributed by atoms with Crippen LogP contribution in [0.25, 0.3) is 0 Å². The van der Waals surface area contributed by atoms with Gasteiger partial charge in [0.1, 0.15) is 5.82 Å². The molecule has 132 valence electrons. The Hall–Kier alpha value is -1.66. The van der Waals surface area contributed by atoms with Crippen LogP contribution in [0.15, 0.2) is 18.2 Å². The van der Waals surface area contributed by atoms with Crippen molar-refractivity contribution in [1.29, 1.82) is 0 Å². The van der Waals surface area contributed by atoms with Crippen LogP contribution >= 0.6 is 0 Å². The summed E-state index contributed by atoms with van der Waals surface area (Å²) in [4.78, 5) is 14.0. The van der Waals surface area contributed by atoms with Gasteiger partial charge in [0, 0.05) is 31.2 Å². The molecule has 1 aliphatic carbocycles. The molecule has 0 atom stereocenters. The molecule has 1 heterocycles. The van der Waals surface area contributed by atoms with E-state index in [-0.39, 0.29) is 11.7 Å². The molecule has 5 nitrogen and oxygen atoms in total. The lowest BCUT2D eigenvalue weighted by atomic mass is 9.65. The number of anilines is 1. The molecule has 1 spiro atoms. The Bertz CT molecular complexity index is 591. The van der Waals surface area contributed by atoms with Crippen LogP contribution in [0.5, 0.6) is 0 Å². The number of carbonyl (C=O) groups excluding carboxylic acids is 1. The van der Waals surface area contributed by atoms with Gasteiger partial charge in [-0.3, -0.25) is 4.79 Å². The Morgan fingerprint density at radius 1 is 1.42 bits per heavy atom. The van der Waals surface area contributed by atoms with Gasteiger partial charge < -0.3 is 20.9 Å². The number of halogens is 1. The summed E-state index contributed by atoms with van der Waals surface area (Å²) in [7, 11) is 3.89. The van der Waals surface area contributed by atoms with Crippen molar-refractivity contribution >= 4 is 11.6 Å². The van der Waals surface area contributed by atoms with Gasteiger partial charge in [-0.25, -0.2) is 4.39 Å². The standard InChI is InChI=1S/C18H27FN4O/c1-23(2)8-7-21-17(24)13-3-4-16(15(19)9-13)22-14-10-18(11-14)5-6-20-12-18/h3-4,9,14,20,22H,5-8,10-12H2,1-2H3,(H,21,24). The quantitative estimate of drug-likeness (QED) is 0.741. The molecular weight excluding hydrogens is 307 g/mol. The fourth-order valence-electron chi connectivity index (χ4n) is 3.72. The molecule has 1 saturated carbocycles. The highest BCUT2D eigenvalue weighted by molar-refractivity contribution is 5.94. The zero-order chi connectivity index (χ0) is 17.2. The maximum atomic E-state index is 14.3. The fourth-order valence-corrected chi connectivity index (χ4v) is 3.72. The minimum atomic E-state index is -0.360. The molecule has 1 aliphatic heterocycles. The van der Waals surface area contributed by atoms with Crippen molar-refractivity contribution in [2.45, 2.75) is 25.3 Å². The molecule has 2 fully saturated rings. The topological polar surface area (TPSA) is 56.4 Å². The minimum Gasteiger partial charge on any atom is -0.380 e. The Morgan fingerprint density at radius 2 is 2.21 bits per heavy atom. The van der Waals surface area contributed by atoms with E-state index < -0.39 is 0 Å². The van der Waals surface area contributed by atoms with E-state index >= 15 is 0 Å². The van der Waals surface area contributed by atoms with E-state index in [0.29, 0.717) is 29.3 Å². The average Bonchev–Trinajstić information content (AvgIpc) is 2.98. The van der Waals surface area contributed by atoms with Crippen LogP contribution in [0.1, 0.15) is 29.6 Å². The average molecular weight is 334 g/mol. The van der Waals surface area contributed by atoms with Crippen LogP contribution in [-0.4, -0.2) is 57.1 Å². The third-order valence-corrected chi connectivity index (χ3v) is 5.13. The molecule has 24 heavy (non-hydrogen) atoms. The second-order valence-corrected chi connectivity index (χ2v) is 7.43. The number of amides is 1. The first-order chi connectivity index (χ1) is 11.5. The lowest BCUT2D eigenvalue weighted by Gasteiger charge is -2.45. The summed E-state index contributed by atoms with van der Waals surface area (Å²) < 4.78 is 14.3. The van der Waals surface area contributed by atoms with Gasteiger partial charge in [-0.2, -0.15) is 0 Å². The SMILES string of the molecule is CN(C)CCNC(=O)c1ccc(NC2CC3(CCNC3)C2)c(F)c1. The highest BCUT2D eigenvalue weighted by atomic mass is 19.1. The first kappa shape index (κ1) is 17.2. The number of rotatable bonds is 6. The summed E-state index contributed by atoms with van der Waals surface area (Å²) in [6, 6.07) is 5.01. The molecule has 1 aromatic rings. The van der Waals surface area contributed by atoms with Gasteiger partial charge in [0.15, 0.2) is 0 Å². The lowest BCUT2D eigenvalue weighted by molar-refractivity contribution is 0.0950. The van der Waals surface area contributed by atoms with Crippen LogP contribution in [0.4, 0.5) is 10.1 Å². The van der Waals surface area contributed by atoms with Gasteiger partial charge >= 0.3 is 0 Å². The molecule has 1 saturated heterocycles. The Morgan fingerprint density at radius 3 is 2.83 bits per heavy atom. The van der Waals surface area contributed by atoms with Crippen molar-refractivity contribution < 1.29 is 9.18 Å². The van der Waals surface area contributed by atoms with Gasteiger partial charge in [-0.1, -0.05) is 0 Å². The normalized spacial score (nSPS) is 25.8. The van der Waals surface area contributed by atoms with E-state index in [9.17, 15) is 9.18 Å². The van der Waals surface area contributed by atoms with E-state index in [0.717, 1.165) is 32.5 Å². The number of benzene rings is 1.